The molecule has 1 amide bonds. The van der Waals surface area contributed by atoms with E-state index in [0.717, 1.165) is 64.2 Å². The van der Waals surface area contributed by atoms with Crippen LogP contribution in [0.5, 0.6) is 0 Å². The van der Waals surface area contributed by atoms with Gasteiger partial charge < -0.3 is 30.7 Å². The van der Waals surface area contributed by atoms with Gasteiger partial charge >= 0.3 is 0 Å². The fraction of sp³-hybridized carbons (Fsp3) is 0.957. The second kappa shape index (κ2) is 13.0. The molecule has 7 nitrogen and oxygen atoms in total. The van der Waals surface area contributed by atoms with E-state index in [4.69, 9.17) is 15.2 Å². The van der Waals surface area contributed by atoms with Crippen LogP contribution in [0.15, 0.2) is 0 Å². The van der Waals surface area contributed by atoms with Crippen molar-refractivity contribution >= 4 is 5.91 Å². The average Bonchev–Trinajstić information content (AvgIpc) is 2.74. The van der Waals surface area contributed by atoms with Crippen molar-refractivity contribution < 1.29 is 24.5 Å². The van der Waals surface area contributed by atoms with E-state index in [1.807, 2.05) is 0 Å². The number of nitrogens with one attached hydrogen (secondary N) is 1. The zero-order valence-corrected chi connectivity index (χ0v) is 19.1. The number of hydrogen-bond acceptors (Lipinski definition) is 6. The monoisotopic (exact) mass is 428 g/mol. The lowest BCUT2D eigenvalue weighted by molar-refractivity contribution is -0.286. The maximum atomic E-state index is 12.4. The van der Waals surface area contributed by atoms with Gasteiger partial charge in [-0.25, -0.2) is 0 Å². The van der Waals surface area contributed by atoms with E-state index in [2.05, 4.69) is 19.2 Å². The number of nitrogens with two attached hydrogens (primary N) is 1. The quantitative estimate of drug-likeness (QED) is 0.547. The summed E-state index contributed by atoms with van der Waals surface area (Å²) >= 11 is 0. The summed E-state index contributed by atoms with van der Waals surface area (Å²) in [6, 6.07) is -0.779. The first-order valence-electron chi connectivity index (χ1n) is 12.1. The molecule has 0 aliphatic carbocycles. The standard InChI is InChI=1S/C23H44N2O5/c1-4-16-12-10-14-25-22(28)17(5-2)11-8-6-7-9-13-18(16)30-23-21(27)19(24)20(26)15(3)29-23/h15-21,23,26-27H,4-14,24H2,1-3H3,(H,25,28)/t15-,16+,17+,18+,19-,20-,21+,23-/m0/s1. The van der Waals surface area contributed by atoms with Gasteiger partial charge in [0.2, 0.25) is 5.91 Å². The summed E-state index contributed by atoms with van der Waals surface area (Å²) in [4.78, 5) is 12.4. The molecule has 0 aromatic heterocycles. The molecule has 2 saturated heterocycles. The smallest absolute Gasteiger partial charge is 0.223 e. The van der Waals surface area contributed by atoms with Gasteiger partial charge in [0.15, 0.2) is 6.29 Å². The fourth-order valence-electron chi connectivity index (χ4n) is 4.75. The van der Waals surface area contributed by atoms with Crippen LogP contribution in [-0.4, -0.2) is 59.4 Å². The molecule has 8 atom stereocenters. The summed E-state index contributed by atoms with van der Waals surface area (Å²) < 4.78 is 12.1. The second-order valence-electron chi connectivity index (χ2n) is 9.14. The van der Waals surface area contributed by atoms with Crippen LogP contribution >= 0.6 is 0 Å². The van der Waals surface area contributed by atoms with Crippen molar-refractivity contribution in [2.75, 3.05) is 6.54 Å². The van der Waals surface area contributed by atoms with E-state index >= 15 is 0 Å². The molecule has 0 aromatic carbocycles. The summed E-state index contributed by atoms with van der Waals surface area (Å²) in [6.07, 6.45) is 6.66. The van der Waals surface area contributed by atoms with Crippen LogP contribution in [0, 0.1) is 11.8 Å². The van der Waals surface area contributed by atoms with Gasteiger partial charge in [-0.05, 0) is 44.9 Å². The van der Waals surface area contributed by atoms with Gasteiger partial charge in [-0.2, -0.15) is 0 Å². The van der Waals surface area contributed by atoms with Crippen molar-refractivity contribution in [3.63, 3.8) is 0 Å². The van der Waals surface area contributed by atoms with Crippen LogP contribution in [0.1, 0.15) is 85.0 Å². The molecule has 0 bridgehead atoms. The van der Waals surface area contributed by atoms with Gasteiger partial charge in [0.25, 0.3) is 0 Å². The van der Waals surface area contributed by atoms with Crippen molar-refractivity contribution in [3.8, 4) is 0 Å². The highest BCUT2D eigenvalue weighted by molar-refractivity contribution is 5.78. The second-order valence-corrected chi connectivity index (χ2v) is 9.14. The maximum absolute atomic E-state index is 12.4. The van der Waals surface area contributed by atoms with Gasteiger partial charge in [-0.15, -0.1) is 0 Å². The summed E-state index contributed by atoms with van der Waals surface area (Å²) in [6.45, 7) is 6.70. The number of rotatable bonds is 4. The summed E-state index contributed by atoms with van der Waals surface area (Å²) in [7, 11) is 0. The highest BCUT2D eigenvalue weighted by Gasteiger charge is 2.42. The van der Waals surface area contributed by atoms with E-state index in [9.17, 15) is 15.0 Å². The lowest BCUT2D eigenvalue weighted by atomic mass is 9.89. The van der Waals surface area contributed by atoms with E-state index < -0.39 is 30.6 Å². The maximum Gasteiger partial charge on any atom is 0.223 e. The molecule has 0 saturated carbocycles. The summed E-state index contributed by atoms with van der Waals surface area (Å²) in [5, 5.41) is 23.7. The van der Waals surface area contributed by atoms with E-state index in [-0.39, 0.29) is 17.9 Å². The molecular weight excluding hydrogens is 384 g/mol. The molecule has 2 heterocycles. The molecule has 2 rings (SSSR count). The molecule has 5 N–H and O–H groups in total. The minimum absolute atomic E-state index is 0.0358. The van der Waals surface area contributed by atoms with Crippen molar-refractivity contribution in [1.29, 1.82) is 0 Å². The zero-order valence-electron chi connectivity index (χ0n) is 19.1. The molecule has 7 heteroatoms. The predicted octanol–water partition coefficient (Wildman–Crippen LogP) is 2.47. The van der Waals surface area contributed by atoms with Gasteiger partial charge in [-0.1, -0.05) is 46.0 Å². The number of aliphatic hydroxyl groups is 2. The minimum Gasteiger partial charge on any atom is -0.389 e. The third kappa shape index (κ3) is 7.16. The Morgan fingerprint density at radius 2 is 1.73 bits per heavy atom. The Morgan fingerprint density at radius 3 is 2.40 bits per heavy atom. The lowest BCUT2D eigenvalue weighted by Gasteiger charge is -2.42. The molecule has 2 fully saturated rings. The van der Waals surface area contributed by atoms with Gasteiger partial charge in [-0.3, -0.25) is 4.79 Å². The van der Waals surface area contributed by atoms with Crippen molar-refractivity contribution in [1.82, 2.24) is 5.32 Å². The molecule has 2 aliphatic rings. The van der Waals surface area contributed by atoms with Crippen LogP contribution in [0.25, 0.3) is 0 Å². The van der Waals surface area contributed by atoms with Crippen molar-refractivity contribution in [2.45, 2.75) is 122 Å². The molecule has 176 valence electrons. The average molecular weight is 429 g/mol. The van der Waals surface area contributed by atoms with E-state index in [1.54, 1.807) is 6.92 Å². The Balaban J connectivity index is 2.01. The first-order valence-corrected chi connectivity index (χ1v) is 12.1. The fourth-order valence-corrected chi connectivity index (χ4v) is 4.75. The zero-order chi connectivity index (χ0) is 22.1. The summed E-state index contributed by atoms with van der Waals surface area (Å²) in [5.41, 5.74) is 5.98. The number of carbonyl (C=O) groups excluding carboxylic acids is 1. The number of ether oxygens (including phenoxy) is 2. The number of amides is 1. The third-order valence-corrected chi connectivity index (χ3v) is 6.96. The molecular formula is C23H44N2O5. The Kier molecular flexibility index (Phi) is 11.0. The van der Waals surface area contributed by atoms with E-state index in [1.165, 1.54) is 0 Å². The minimum atomic E-state index is -1.05. The predicted molar refractivity (Wildman–Crippen MR) is 117 cm³/mol. The van der Waals surface area contributed by atoms with Gasteiger partial charge in [0.05, 0.1) is 24.4 Å². The Labute approximate surface area is 182 Å². The molecule has 0 radical (unpaired) electrons. The SMILES string of the molecule is CC[C@@H]1CCCCCC[C@@H](O[C@@H]2O[C@@H](C)[C@H](O)[C@H](N)[C@H]2O)[C@H](CC)CCCNC1=O. The molecule has 0 spiro atoms. The Hall–Kier alpha value is -0.730. The van der Waals surface area contributed by atoms with Crippen LogP contribution in [0.4, 0.5) is 0 Å². The number of carbonyl (C=O) groups is 1. The van der Waals surface area contributed by atoms with Crippen LogP contribution in [0.2, 0.25) is 0 Å². The van der Waals surface area contributed by atoms with Gasteiger partial charge in [0.1, 0.15) is 6.10 Å². The van der Waals surface area contributed by atoms with E-state index in [0.29, 0.717) is 12.5 Å². The highest BCUT2D eigenvalue weighted by Crippen LogP contribution is 2.29. The van der Waals surface area contributed by atoms with Crippen molar-refractivity contribution in [2.24, 2.45) is 17.6 Å². The first-order chi connectivity index (χ1) is 14.4. The van der Waals surface area contributed by atoms with Crippen LogP contribution < -0.4 is 11.1 Å². The third-order valence-electron chi connectivity index (χ3n) is 6.96. The lowest BCUT2D eigenvalue weighted by Crippen LogP contribution is -2.61. The Bertz CT molecular complexity index is 506. The number of aliphatic hydroxyl groups excluding tert-OH is 2. The van der Waals surface area contributed by atoms with Crippen LogP contribution in [0.3, 0.4) is 0 Å². The first kappa shape index (κ1) is 25.5. The molecule has 2 aliphatic heterocycles. The normalized spacial score (nSPS) is 40.4. The number of hydrogen-bond donors (Lipinski definition) is 4. The summed E-state index contributed by atoms with van der Waals surface area (Å²) in [5.74, 6) is 0.647. The topological polar surface area (TPSA) is 114 Å². The molecule has 30 heavy (non-hydrogen) atoms. The Morgan fingerprint density at radius 1 is 1.03 bits per heavy atom. The van der Waals surface area contributed by atoms with Crippen molar-refractivity contribution in [3.05, 3.63) is 0 Å². The largest absolute Gasteiger partial charge is 0.389 e. The molecule has 0 aromatic rings. The van der Waals surface area contributed by atoms with Crippen LogP contribution in [-0.2, 0) is 14.3 Å². The molecule has 0 unspecified atom stereocenters. The highest BCUT2D eigenvalue weighted by atomic mass is 16.7. The van der Waals surface area contributed by atoms with Gasteiger partial charge in [0, 0.05) is 12.5 Å².